The summed E-state index contributed by atoms with van der Waals surface area (Å²) in [6.07, 6.45) is 0. The fraction of sp³-hybridized carbons (Fsp3) is 0.200. The highest BCUT2D eigenvalue weighted by Gasteiger charge is 2.09. The second-order valence-electron chi connectivity index (χ2n) is 4.45. The van der Waals surface area contributed by atoms with E-state index >= 15 is 0 Å². The molecule has 17 heavy (non-hydrogen) atoms. The predicted molar refractivity (Wildman–Crippen MR) is 73.4 cm³/mol. The Labute approximate surface area is 107 Å². The Morgan fingerprint density at radius 1 is 0.941 bits per heavy atom. The summed E-state index contributed by atoms with van der Waals surface area (Å²) in [6.45, 7) is 4.10. The fourth-order valence-corrected chi connectivity index (χ4v) is 2.30. The predicted octanol–water partition coefficient (Wildman–Crippen LogP) is 4.00. The van der Waals surface area contributed by atoms with Crippen LogP contribution in [0.1, 0.15) is 28.3 Å². The third kappa shape index (κ3) is 2.87. The third-order valence-corrected chi connectivity index (χ3v) is 3.04. The molecule has 0 radical (unpaired) electrons. The fourth-order valence-electron chi connectivity index (χ4n) is 2.00. The lowest BCUT2D eigenvalue weighted by Gasteiger charge is -2.14. The van der Waals surface area contributed by atoms with Gasteiger partial charge in [0, 0.05) is 5.02 Å². The molecule has 0 aromatic heterocycles. The van der Waals surface area contributed by atoms with Gasteiger partial charge in [-0.3, -0.25) is 0 Å². The van der Waals surface area contributed by atoms with Crippen molar-refractivity contribution in [2.45, 2.75) is 19.9 Å². The first-order chi connectivity index (χ1) is 8.06. The van der Waals surface area contributed by atoms with Gasteiger partial charge in [0.05, 0.1) is 6.04 Å². The van der Waals surface area contributed by atoms with Gasteiger partial charge in [-0.2, -0.15) is 0 Å². The van der Waals surface area contributed by atoms with E-state index in [1.54, 1.807) is 0 Å². The molecular weight excluding hydrogens is 230 g/mol. The van der Waals surface area contributed by atoms with Gasteiger partial charge in [0.2, 0.25) is 0 Å². The van der Waals surface area contributed by atoms with Gasteiger partial charge in [-0.25, -0.2) is 0 Å². The largest absolute Gasteiger partial charge is 0.320 e. The Bertz CT molecular complexity index is 514. The van der Waals surface area contributed by atoms with E-state index in [2.05, 4.69) is 25.1 Å². The summed E-state index contributed by atoms with van der Waals surface area (Å²) in [4.78, 5) is 0. The molecule has 1 atom stereocenters. The SMILES string of the molecule is Cc1cccc(C(N)c2cc(C)cc(Cl)c2)c1. The maximum Gasteiger partial charge on any atom is 0.0552 e. The number of nitrogens with two attached hydrogens (primary N) is 1. The smallest absolute Gasteiger partial charge is 0.0552 e. The minimum atomic E-state index is -0.118. The lowest BCUT2D eigenvalue weighted by atomic mass is 9.97. The Hall–Kier alpha value is -1.31. The van der Waals surface area contributed by atoms with Crippen LogP contribution in [0.5, 0.6) is 0 Å². The number of rotatable bonds is 2. The van der Waals surface area contributed by atoms with Crippen LogP contribution < -0.4 is 5.73 Å². The normalized spacial score (nSPS) is 12.5. The van der Waals surface area contributed by atoms with Crippen molar-refractivity contribution in [2.75, 3.05) is 0 Å². The highest BCUT2D eigenvalue weighted by Crippen LogP contribution is 2.24. The molecule has 2 rings (SSSR count). The molecule has 2 aromatic rings. The van der Waals surface area contributed by atoms with Crippen LogP contribution in [0.2, 0.25) is 5.02 Å². The van der Waals surface area contributed by atoms with Gasteiger partial charge < -0.3 is 5.73 Å². The van der Waals surface area contributed by atoms with Crippen LogP contribution in [0.3, 0.4) is 0 Å². The monoisotopic (exact) mass is 245 g/mol. The molecule has 0 spiro atoms. The average molecular weight is 246 g/mol. The van der Waals surface area contributed by atoms with Crippen LogP contribution in [0.4, 0.5) is 0 Å². The summed E-state index contributed by atoms with van der Waals surface area (Å²) in [5.41, 5.74) is 10.8. The summed E-state index contributed by atoms with van der Waals surface area (Å²) in [5, 5.41) is 0.739. The van der Waals surface area contributed by atoms with E-state index in [4.69, 9.17) is 17.3 Å². The van der Waals surface area contributed by atoms with E-state index in [9.17, 15) is 0 Å². The molecule has 88 valence electrons. The average Bonchev–Trinajstić information content (AvgIpc) is 2.26. The molecule has 0 aliphatic carbocycles. The van der Waals surface area contributed by atoms with E-state index in [1.165, 1.54) is 5.56 Å². The highest BCUT2D eigenvalue weighted by molar-refractivity contribution is 6.30. The van der Waals surface area contributed by atoms with Crippen molar-refractivity contribution in [1.29, 1.82) is 0 Å². The maximum atomic E-state index is 6.26. The van der Waals surface area contributed by atoms with Crippen LogP contribution in [0, 0.1) is 13.8 Å². The van der Waals surface area contributed by atoms with Crippen molar-refractivity contribution in [3.8, 4) is 0 Å². The van der Waals surface area contributed by atoms with Gasteiger partial charge in [0.1, 0.15) is 0 Å². The van der Waals surface area contributed by atoms with Crippen molar-refractivity contribution < 1.29 is 0 Å². The Kier molecular flexibility index (Phi) is 3.51. The number of aryl methyl sites for hydroxylation is 2. The van der Waals surface area contributed by atoms with Crippen LogP contribution in [0.25, 0.3) is 0 Å². The second-order valence-corrected chi connectivity index (χ2v) is 4.89. The van der Waals surface area contributed by atoms with Crippen molar-refractivity contribution in [1.82, 2.24) is 0 Å². The zero-order chi connectivity index (χ0) is 12.4. The summed E-state index contributed by atoms with van der Waals surface area (Å²) in [7, 11) is 0. The van der Waals surface area contributed by atoms with E-state index in [-0.39, 0.29) is 6.04 Å². The first-order valence-electron chi connectivity index (χ1n) is 5.65. The van der Waals surface area contributed by atoms with Crippen LogP contribution >= 0.6 is 11.6 Å². The molecule has 0 aliphatic rings. The second kappa shape index (κ2) is 4.91. The Morgan fingerprint density at radius 2 is 1.65 bits per heavy atom. The Balaban J connectivity index is 2.39. The Morgan fingerprint density at radius 3 is 2.29 bits per heavy atom. The molecule has 2 aromatic carbocycles. The van der Waals surface area contributed by atoms with Gasteiger partial charge in [-0.1, -0.05) is 47.5 Å². The number of hydrogen-bond donors (Lipinski definition) is 1. The molecule has 0 saturated heterocycles. The molecule has 2 heteroatoms. The molecule has 0 fully saturated rings. The molecule has 0 amide bonds. The topological polar surface area (TPSA) is 26.0 Å². The summed E-state index contributed by atoms with van der Waals surface area (Å²) in [6, 6.07) is 14.1. The number of hydrogen-bond acceptors (Lipinski definition) is 1. The van der Waals surface area contributed by atoms with Crippen molar-refractivity contribution in [3.05, 3.63) is 69.7 Å². The van der Waals surface area contributed by atoms with Crippen LogP contribution in [-0.2, 0) is 0 Å². The summed E-state index contributed by atoms with van der Waals surface area (Å²) >= 11 is 6.06. The number of halogens is 1. The molecule has 0 saturated carbocycles. The molecule has 0 bridgehead atoms. The standard InChI is InChI=1S/C15H16ClN/c1-10-4-3-5-12(6-10)15(17)13-7-11(2)8-14(16)9-13/h3-9,15H,17H2,1-2H3. The van der Waals surface area contributed by atoms with Crippen molar-refractivity contribution >= 4 is 11.6 Å². The maximum absolute atomic E-state index is 6.26. The molecule has 1 unspecified atom stereocenters. The molecule has 1 nitrogen and oxygen atoms in total. The molecule has 2 N–H and O–H groups in total. The van der Waals surface area contributed by atoms with Gasteiger partial charge in [0.15, 0.2) is 0 Å². The van der Waals surface area contributed by atoms with E-state index in [0.29, 0.717) is 0 Å². The minimum Gasteiger partial charge on any atom is -0.320 e. The first-order valence-corrected chi connectivity index (χ1v) is 6.03. The van der Waals surface area contributed by atoms with Crippen LogP contribution in [-0.4, -0.2) is 0 Å². The van der Waals surface area contributed by atoms with Crippen molar-refractivity contribution in [3.63, 3.8) is 0 Å². The van der Waals surface area contributed by atoms with Crippen LogP contribution in [0.15, 0.2) is 42.5 Å². The molecular formula is C15H16ClN. The van der Waals surface area contributed by atoms with Gasteiger partial charge in [-0.15, -0.1) is 0 Å². The summed E-state index contributed by atoms with van der Waals surface area (Å²) in [5.74, 6) is 0. The van der Waals surface area contributed by atoms with Gasteiger partial charge >= 0.3 is 0 Å². The van der Waals surface area contributed by atoms with Gasteiger partial charge in [-0.05, 0) is 42.7 Å². The third-order valence-electron chi connectivity index (χ3n) is 2.82. The van der Waals surface area contributed by atoms with E-state index in [0.717, 1.165) is 21.7 Å². The van der Waals surface area contributed by atoms with E-state index < -0.39 is 0 Å². The molecule has 0 aliphatic heterocycles. The zero-order valence-corrected chi connectivity index (χ0v) is 10.8. The highest BCUT2D eigenvalue weighted by atomic mass is 35.5. The quantitative estimate of drug-likeness (QED) is 0.850. The first kappa shape index (κ1) is 12.2. The lowest BCUT2D eigenvalue weighted by Crippen LogP contribution is -2.12. The summed E-state index contributed by atoms with van der Waals surface area (Å²) < 4.78 is 0. The van der Waals surface area contributed by atoms with Gasteiger partial charge in [0.25, 0.3) is 0 Å². The van der Waals surface area contributed by atoms with Crippen molar-refractivity contribution in [2.24, 2.45) is 5.73 Å². The molecule has 0 heterocycles. The number of benzene rings is 2. The van der Waals surface area contributed by atoms with E-state index in [1.807, 2.05) is 31.2 Å². The minimum absolute atomic E-state index is 0.118. The lowest BCUT2D eigenvalue weighted by molar-refractivity contribution is 0.868. The zero-order valence-electron chi connectivity index (χ0n) is 10.1.